The van der Waals surface area contributed by atoms with Gasteiger partial charge in [-0.2, -0.15) is 0 Å². The number of nitrogens with zero attached hydrogens (tertiary/aromatic N) is 1. The van der Waals surface area contributed by atoms with Crippen molar-refractivity contribution in [2.45, 2.75) is 25.3 Å². The first-order valence-corrected chi connectivity index (χ1v) is 7.54. The van der Waals surface area contributed by atoms with Gasteiger partial charge < -0.3 is 14.7 Å². The molecule has 114 valence electrons. The molecule has 1 fully saturated rings. The SMILES string of the molecule is O=C(O)CC1CCCN1c1ccc(Oc2ccccc2)cc1. The molecule has 1 heterocycles. The molecule has 4 nitrogen and oxygen atoms in total. The number of ether oxygens (including phenoxy) is 1. The summed E-state index contributed by atoms with van der Waals surface area (Å²) in [5.74, 6) is 0.852. The summed E-state index contributed by atoms with van der Waals surface area (Å²) in [6.07, 6.45) is 2.18. The Kier molecular flexibility index (Phi) is 4.28. The van der Waals surface area contributed by atoms with Gasteiger partial charge in [0.2, 0.25) is 0 Å². The van der Waals surface area contributed by atoms with Gasteiger partial charge in [0.15, 0.2) is 0 Å². The first-order valence-electron chi connectivity index (χ1n) is 7.54. The molecule has 22 heavy (non-hydrogen) atoms. The molecule has 0 spiro atoms. The van der Waals surface area contributed by atoms with Crippen molar-refractivity contribution in [3.63, 3.8) is 0 Å². The summed E-state index contributed by atoms with van der Waals surface area (Å²) in [6.45, 7) is 0.914. The molecule has 1 aliphatic rings. The minimum Gasteiger partial charge on any atom is -0.481 e. The number of anilines is 1. The second-order valence-electron chi connectivity index (χ2n) is 5.50. The molecule has 0 aliphatic carbocycles. The number of hydrogen-bond acceptors (Lipinski definition) is 3. The van der Waals surface area contributed by atoms with Gasteiger partial charge in [-0.15, -0.1) is 0 Å². The molecule has 0 amide bonds. The van der Waals surface area contributed by atoms with Crippen LogP contribution in [0.4, 0.5) is 5.69 Å². The molecule has 4 heteroatoms. The molecule has 0 bridgehead atoms. The standard InChI is InChI=1S/C18H19NO3/c20-18(21)13-15-5-4-12-19(15)14-8-10-17(11-9-14)22-16-6-2-1-3-7-16/h1-3,6-11,15H,4-5,12-13H2,(H,20,21). The highest BCUT2D eigenvalue weighted by atomic mass is 16.5. The summed E-state index contributed by atoms with van der Waals surface area (Å²) in [7, 11) is 0. The van der Waals surface area contributed by atoms with Crippen molar-refractivity contribution in [3.05, 3.63) is 54.6 Å². The van der Waals surface area contributed by atoms with Crippen molar-refractivity contribution in [1.29, 1.82) is 0 Å². The molecule has 3 rings (SSSR count). The average molecular weight is 297 g/mol. The van der Waals surface area contributed by atoms with E-state index in [0.29, 0.717) is 0 Å². The fourth-order valence-corrected chi connectivity index (χ4v) is 2.92. The van der Waals surface area contributed by atoms with Crippen LogP contribution >= 0.6 is 0 Å². The zero-order valence-electron chi connectivity index (χ0n) is 12.3. The van der Waals surface area contributed by atoms with Crippen molar-refractivity contribution >= 4 is 11.7 Å². The van der Waals surface area contributed by atoms with E-state index in [0.717, 1.165) is 36.6 Å². The van der Waals surface area contributed by atoms with Gasteiger partial charge >= 0.3 is 5.97 Å². The lowest BCUT2D eigenvalue weighted by atomic mass is 10.1. The highest BCUT2D eigenvalue weighted by molar-refractivity contribution is 5.69. The monoisotopic (exact) mass is 297 g/mol. The quantitative estimate of drug-likeness (QED) is 0.908. The van der Waals surface area contributed by atoms with Crippen LogP contribution in [0.15, 0.2) is 54.6 Å². The second-order valence-corrected chi connectivity index (χ2v) is 5.50. The van der Waals surface area contributed by atoms with Crippen LogP contribution in [0.1, 0.15) is 19.3 Å². The third-order valence-electron chi connectivity index (χ3n) is 3.93. The van der Waals surface area contributed by atoms with Crippen LogP contribution in [0.3, 0.4) is 0 Å². The van der Waals surface area contributed by atoms with Gasteiger partial charge in [0.1, 0.15) is 11.5 Å². The molecular formula is C18H19NO3. The predicted molar refractivity (Wildman–Crippen MR) is 85.6 cm³/mol. The van der Waals surface area contributed by atoms with Gasteiger partial charge in [0, 0.05) is 18.3 Å². The first kappa shape index (κ1) is 14.4. The maximum atomic E-state index is 10.9. The number of para-hydroxylation sites is 1. The summed E-state index contributed by atoms with van der Waals surface area (Å²) in [6, 6.07) is 17.6. The topological polar surface area (TPSA) is 49.8 Å². The number of hydrogen-bond donors (Lipinski definition) is 1. The van der Waals surface area contributed by atoms with Crippen LogP contribution in [0.25, 0.3) is 0 Å². The molecule has 1 N–H and O–H groups in total. The van der Waals surface area contributed by atoms with Crippen LogP contribution < -0.4 is 9.64 Å². The van der Waals surface area contributed by atoms with Gasteiger partial charge in [-0.05, 0) is 49.2 Å². The van der Waals surface area contributed by atoms with E-state index < -0.39 is 5.97 Å². The number of carboxylic acid groups (broad SMARTS) is 1. The highest BCUT2D eigenvalue weighted by Gasteiger charge is 2.26. The molecule has 1 saturated heterocycles. The van der Waals surface area contributed by atoms with Crippen LogP contribution in [-0.2, 0) is 4.79 Å². The van der Waals surface area contributed by atoms with Gasteiger partial charge in [-0.1, -0.05) is 18.2 Å². The number of carboxylic acids is 1. The van der Waals surface area contributed by atoms with E-state index in [1.807, 2.05) is 54.6 Å². The Balaban J connectivity index is 1.70. The van der Waals surface area contributed by atoms with Crippen molar-refractivity contribution in [2.24, 2.45) is 0 Å². The second kappa shape index (κ2) is 6.52. The number of aliphatic carboxylic acids is 1. The van der Waals surface area contributed by atoms with Crippen LogP contribution in [-0.4, -0.2) is 23.7 Å². The summed E-state index contributed by atoms with van der Waals surface area (Å²) < 4.78 is 5.77. The largest absolute Gasteiger partial charge is 0.481 e. The van der Waals surface area contributed by atoms with E-state index >= 15 is 0 Å². The molecule has 1 atom stereocenters. The van der Waals surface area contributed by atoms with E-state index in [2.05, 4.69) is 4.90 Å². The number of benzene rings is 2. The summed E-state index contributed by atoms with van der Waals surface area (Å²) in [5.41, 5.74) is 1.06. The van der Waals surface area contributed by atoms with Crippen molar-refractivity contribution in [2.75, 3.05) is 11.4 Å². The maximum Gasteiger partial charge on any atom is 0.305 e. The first-order chi connectivity index (χ1) is 10.7. The Bertz CT molecular complexity index is 625. The van der Waals surface area contributed by atoms with E-state index in [1.165, 1.54) is 0 Å². The Morgan fingerprint density at radius 3 is 2.45 bits per heavy atom. The fourth-order valence-electron chi connectivity index (χ4n) is 2.92. The van der Waals surface area contributed by atoms with Crippen molar-refractivity contribution in [3.8, 4) is 11.5 Å². The molecule has 1 unspecified atom stereocenters. The van der Waals surface area contributed by atoms with Crippen LogP contribution in [0.5, 0.6) is 11.5 Å². The molecule has 2 aromatic carbocycles. The Morgan fingerprint density at radius 2 is 1.77 bits per heavy atom. The van der Waals surface area contributed by atoms with E-state index in [4.69, 9.17) is 9.84 Å². The van der Waals surface area contributed by atoms with Crippen molar-refractivity contribution in [1.82, 2.24) is 0 Å². The Morgan fingerprint density at radius 1 is 1.09 bits per heavy atom. The van der Waals surface area contributed by atoms with Crippen LogP contribution in [0, 0.1) is 0 Å². The average Bonchev–Trinajstić information content (AvgIpc) is 2.96. The van der Waals surface area contributed by atoms with Crippen molar-refractivity contribution < 1.29 is 14.6 Å². The smallest absolute Gasteiger partial charge is 0.305 e. The highest BCUT2D eigenvalue weighted by Crippen LogP contribution is 2.30. The predicted octanol–water partition coefficient (Wildman–Crippen LogP) is 3.92. The van der Waals surface area contributed by atoms with E-state index in [-0.39, 0.29) is 12.5 Å². The van der Waals surface area contributed by atoms with Crippen LogP contribution in [0.2, 0.25) is 0 Å². The minimum atomic E-state index is -0.735. The molecular weight excluding hydrogens is 278 g/mol. The van der Waals surface area contributed by atoms with E-state index in [9.17, 15) is 4.79 Å². The fraction of sp³-hybridized carbons (Fsp3) is 0.278. The minimum absolute atomic E-state index is 0.0957. The van der Waals surface area contributed by atoms with E-state index in [1.54, 1.807) is 0 Å². The number of carbonyl (C=O) groups is 1. The van der Waals surface area contributed by atoms with Gasteiger partial charge in [0.25, 0.3) is 0 Å². The molecule has 0 aromatic heterocycles. The summed E-state index contributed by atoms with van der Waals surface area (Å²) >= 11 is 0. The Labute approximate surface area is 130 Å². The van der Waals surface area contributed by atoms with Gasteiger partial charge in [-0.25, -0.2) is 0 Å². The summed E-state index contributed by atoms with van der Waals surface area (Å²) in [4.78, 5) is 13.1. The summed E-state index contributed by atoms with van der Waals surface area (Å²) in [5, 5.41) is 9.00. The molecule has 2 aromatic rings. The lowest BCUT2D eigenvalue weighted by molar-refractivity contribution is -0.137. The maximum absolute atomic E-state index is 10.9. The number of rotatable bonds is 5. The van der Waals surface area contributed by atoms with Gasteiger partial charge in [0.05, 0.1) is 6.42 Å². The zero-order chi connectivity index (χ0) is 15.4. The molecule has 0 radical (unpaired) electrons. The lowest BCUT2D eigenvalue weighted by Gasteiger charge is -2.25. The normalized spacial score (nSPS) is 17.5. The molecule has 1 aliphatic heterocycles. The molecule has 0 saturated carbocycles. The Hall–Kier alpha value is -2.49. The third kappa shape index (κ3) is 3.39. The zero-order valence-corrected chi connectivity index (χ0v) is 12.3. The lowest BCUT2D eigenvalue weighted by Crippen LogP contribution is -2.31. The third-order valence-corrected chi connectivity index (χ3v) is 3.93. The van der Waals surface area contributed by atoms with Gasteiger partial charge in [-0.3, -0.25) is 4.79 Å².